The normalized spacial score (nSPS) is 21.6. The third-order valence-corrected chi connectivity index (χ3v) is 2.92. The summed E-state index contributed by atoms with van der Waals surface area (Å²) in [5, 5.41) is 6.50. The van der Waals surface area contributed by atoms with Gasteiger partial charge < -0.3 is 4.90 Å². The summed E-state index contributed by atoms with van der Waals surface area (Å²) in [5.74, 6) is 0. The number of hydrogen-bond acceptors (Lipinski definition) is 2. The van der Waals surface area contributed by atoms with Crippen LogP contribution in [-0.2, 0) is 0 Å². The van der Waals surface area contributed by atoms with Crippen molar-refractivity contribution in [1.82, 2.24) is 4.90 Å². The molecular formula is C12H24N2. The van der Waals surface area contributed by atoms with E-state index in [0.717, 1.165) is 6.04 Å². The monoisotopic (exact) mass is 196 g/mol. The van der Waals surface area contributed by atoms with Crippen molar-refractivity contribution in [2.45, 2.75) is 58.4 Å². The smallest absolute Gasteiger partial charge is 0.0462 e. The molecule has 2 nitrogen and oxygen atoms in total. The molecule has 0 saturated carbocycles. The second-order valence-electron chi connectivity index (χ2n) is 3.97. The lowest BCUT2D eigenvalue weighted by Gasteiger charge is -2.23. The number of rotatable bonds is 5. The van der Waals surface area contributed by atoms with Gasteiger partial charge in [0.2, 0.25) is 0 Å². The van der Waals surface area contributed by atoms with E-state index in [-0.39, 0.29) is 0 Å². The first-order chi connectivity index (χ1) is 6.88. The summed E-state index contributed by atoms with van der Waals surface area (Å²) in [5.41, 5.74) is 0. The summed E-state index contributed by atoms with van der Waals surface area (Å²) >= 11 is 0. The molecule has 82 valence electrons. The Hall–Kier alpha value is -0.550. The highest BCUT2D eigenvalue weighted by atomic mass is 15.2. The average molecular weight is 196 g/mol. The van der Waals surface area contributed by atoms with Crippen LogP contribution in [0.3, 0.4) is 0 Å². The van der Waals surface area contributed by atoms with Crippen LogP contribution in [0.25, 0.3) is 0 Å². The molecule has 1 heterocycles. The Labute approximate surface area is 88.9 Å². The fraction of sp³-hybridized carbons (Fsp3) is 0.917. The standard InChI is InChI=1S/C11H23N.CHN/c1-3-5-9-12-10-6-8-11(12)7-4-2;1-2/h11H,3-10H2,1-2H3;1H. The van der Waals surface area contributed by atoms with Crippen molar-refractivity contribution >= 4 is 0 Å². The highest BCUT2D eigenvalue weighted by molar-refractivity contribution is 4.78. The van der Waals surface area contributed by atoms with E-state index < -0.39 is 0 Å². The Morgan fingerprint density at radius 1 is 1.29 bits per heavy atom. The Morgan fingerprint density at radius 3 is 2.57 bits per heavy atom. The first-order valence-electron chi connectivity index (χ1n) is 5.88. The van der Waals surface area contributed by atoms with Gasteiger partial charge in [-0.05, 0) is 38.8 Å². The first-order valence-corrected chi connectivity index (χ1v) is 5.88. The molecule has 0 aliphatic carbocycles. The lowest BCUT2D eigenvalue weighted by atomic mass is 10.1. The second-order valence-corrected chi connectivity index (χ2v) is 3.97. The minimum Gasteiger partial charge on any atom is -0.300 e. The molecular weight excluding hydrogens is 172 g/mol. The molecule has 0 bridgehead atoms. The summed E-state index contributed by atoms with van der Waals surface area (Å²) in [6.07, 6.45) is 8.40. The van der Waals surface area contributed by atoms with Crippen molar-refractivity contribution in [3.8, 4) is 6.57 Å². The van der Waals surface area contributed by atoms with Crippen LogP contribution in [0.15, 0.2) is 0 Å². The van der Waals surface area contributed by atoms with Gasteiger partial charge in [-0.25, -0.2) is 5.26 Å². The van der Waals surface area contributed by atoms with Crippen LogP contribution in [0.5, 0.6) is 0 Å². The molecule has 0 aromatic carbocycles. The minimum absolute atomic E-state index is 0.932. The molecule has 0 spiro atoms. The van der Waals surface area contributed by atoms with Crippen LogP contribution in [-0.4, -0.2) is 24.0 Å². The van der Waals surface area contributed by atoms with E-state index in [1.807, 2.05) is 0 Å². The van der Waals surface area contributed by atoms with E-state index >= 15 is 0 Å². The van der Waals surface area contributed by atoms with Gasteiger partial charge in [-0.15, -0.1) is 0 Å². The summed E-state index contributed by atoms with van der Waals surface area (Å²) in [6, 6.07) is 0.932. The highest BCUT2D eigenvalue weighted by Gasteiger charge is 2.22. The van der Waals surface area contributed by atoms with E-state index in [2.05, 4.69) is 25.3 Å². The quantitative estimate of drug-likeness (QED) is 0.675. The maximum atomic E-state index is 6.50. The Bertz CT molecular complexity index is 143. The molecule has 1 fully saturated rings. The van der Waals surface area contributed by atoms with E-state index in [0.29, 0.717) is 0 Å². The molecule has 1 aliphatic heterocycles. The van der Waals surface area contributed by atoms with Gasteiger partial charge in [0.15, 0.2) is 0 Å². The van der Waals surface area contributed by atoms with Gasteiger partial charge in [-0.3, -0.25) is 0 Å². The second kappa shape index (κ2) is 9.02. The number of nitrogens with zero attached hydrogens (tertiary/aromatic N) is 2. The van der Waals surface area contributed by atoms with Crippen LogP contribution in [0.1, 0.15) is 52.4 Å². The Kier molecular flexibility index (Phi) is 8.67. The molecule has 0 aromatic rings. The highest BCUT2D eigenvalue weighted by Crippen LogP contribution is 2.21. The van der Waals surface area contributed by atoms with Crippen molar-refractivity contribution in [2.24, 2.45) is 0 Å². The molecule has 1 unspecified atom stereocenters. The molecule has 0 N–H and O–H groups in total. The molecule has 1 rings (SSSR count). The van der Waals surface area contributed by atoms with E-state index in [4.69, 9.17) is 5.26 Å². The number of hydrogen-bond donors (Lipinski definition) is 0. The molecule has 0 amide bonds. The van der Waals surface area contributed by atoms with Gasteiger partial charge >= 0.3 is 0 Å². The summed E-state index contributed by atoms with van der Waals surface area (Å²) in [6.45, 7) is 10.8. The molecule has 1 atom stereocenters. The van der Waals surface area contributed by atoms with Crippen molar-refractivity contribution in [3.05, 3.63) is 0 Å². The maximum Gasteiger partial charge on any atom is 0.0462 e. The van der Waals surface area contributed by atoms with Gasteiger partial charge in [0.1, 0.15) is 0 Å². The van der Waals surface area contributed by atoms with Crippen LogP contribution in [0, 0.1) is 11.8 Å². The largest absolute Gasteiger partial charge is 0.300 e. The lowest BCUT2D eigenvalue weighted by Crippen LogP contribution is -2.30. The zero-order valence-electron chi connectivity index (χ0n) is 9.71. The fourth-order valence-electron chi connectivity index (χ4n) is 2.21. The van der Waals surface area contributed by atoms with Crippen LogP contribution in [0.4, 0.5) is 0 Å². The van der Waals surface area contributed by atoms with E-state index in [9.17, 15) is 0 Å². The third kappa shape index (κ3) is 4.62. The zero-order valence-corrected chi connectivity index (χ0v) is 9.71. The van der Waals surface area contributed by atoms with E-state index in [1.165, 1.54) is 51.6 Å². The van der Waals surface area contributed by atoms with Crippen molar-refractivity contribution in [3.63, 3.8) is 0 Å². The third-order valence-electron chi connectivity index (χ3n) is 2.92. The Balaban J connectivity index is 0.000000791. The summed E-state index contributed by atoms with van der Waals surface area (Å²) in [7, 11) is 0. The lowest BCUT2D eigenvalue weighted by molar-refractivity contribution is 0.238. The maximum absolute atomic E-state index is 6.50. The van der Waals surface area contributed by atoms with Crippen LogP contribution in [0.2, 0.25) is 0 Å². The SMILES string of the molecule is C#N.CCCCN1CCCC1CCC. The van der Waals surface area contributed by atoms with Gasteiger partial charge in [-0.2, -0.15) is 0 Å². The zero-order chi connectivity index (χ0) is 10.8. The number of nitriles is 1. The van der Waals surface area contributed by atoms with Crippen molar-refractivity contribution < 1.29 is 0 Å². The molecule has 1 saturated heterocycles. The van der Waals surface area contributed by atoms with Gasteiger partial charge in [0.25, 0.3) is 0 Å². The Morgan fingerprint density at radius 2 is 2.00 bits per heavy atom. The minimum atomic E-state index is 0.932. The van der Waals surface area contributed by atoms with Gasteiger partial charge in [-0.1, -0.05) is 26.7 Å². The number of likely N-dealkylation sites (tertiary alicyclic amines) is 1. The predicted octanol–water partition coefficient (Wildman–Crippen LogP) is 3.19. The first kappa shape index (κ1) is 13.4. The topological polar surface area (TPSA) is 27.0 Å². The number of unbranched alkanes of at least 4 members (excludes halogenated alkanes) is 1. The molecule has 0 radical (unpaired) electrons. The van der Waals surface area contributed by atoms with Crippen LogP contribution < -0.4 is 0 Å². The summed E-state index contributed by atoms with van der Waals surface area (Å²) in [4.78, 5) is 2.70. The van der Waals surface area contributed by atoms with Gasteiger partial charge in [0, 0.05) is 12.6 Å². The average Bonchev–Trinajstić information content (AvgIpc) is 2.66. The van der Waals surface area contributed by atoms with E-state index in [1.54, 1.807) is 0 Å². The summed E-state index contributed by atoms with van der Waals surface area (Å²) < 4.78 is 0. The predicted molar refractivity (Wildman–Crippen MR) is 61.1 cm³/mol. The molecule has 14 heavy (non-hydrogen) atoms. The van der Waals surface area contributed by atoms with Gasteiger partial charge in [0.05, 0.1) is 0 Å². The van der Waals surface area contributed by atoms with Crippen LogP contribution >= 0.6 is 0 Å². The molecule has 0 aromatic heterocycles. The molecule has 2 heteroatoms. The van der Waals surface area contributed by atoms with Crippen molar-refractivity contribution in [2.75, 3.05) is 13.1 Å². The fourth-order valence-corrected chi connectivity index (χ4v) is 2.21. The van der Waals surface area contributed by atoms with Crippen molar-refractivity contribution in [1.29, 1.82) is 5.26 Å². The molecule has 1 aliphatic rings.